The van der Waals surface area contributed by atoms with Crippen molar-refractivity contribution >= 4 is 43.1 Å². The molecule has 0 bridgehead atoms. The highest BCUT2D eigenvalue weighted by Gasteiger charge is 2.12. The van der Waals surface area contributed by atoms with Crippen LogP contribution in [0.5, 0.6) is 17.2 Å². The van der Waals surface area contributed by atoms with Crippen molar-refractivity contribution < 1.29 is 9.84 Å². The fraction of sp³-hybridized carbons (Fsp3) is 0. The van der Waals surface area contributed by atoms with Crippen LogP contribution in [0.1, 0.15) is 0 Å². The third kappa shape index (κ3) is 2.51. The minimum Gasteiger partial charge on any atom is -0.507 e. The van der Waals surface area contributed by atoms with Gasteiger partial charge in [-0.15, -0.1) is 0 Å². The fourth-order valence-corrected chi connectivity index (χ4v) is 4.40. The highest BCUT2D eigenvalue weighted by Crippen LogP contribution is 2.41. The van der Waals surface area contributed by atoms with Gasteiger partial charge in [0.15, 0.2) is 0 Å². The van der Waals surface area contributed by atoms with Gasteiger partial charge in [0.25, 0.3) is 0 Å². The molecule has 0 heterocycles. The van der Waals surface area contributed by atoms with Crippen LogP contribution in [0.4, 0.5) is 0 Å². The van der Waals surface area contributed by atoms with E-state index >= 15 is 0 Å². The maximum atomic E-state index is 10.6. The zero-order chi connectivity index (χ0) is 20.1. The van der Waals surface area contributed by atoms with E-state index in [1.807, 2.05) is 48.5 Å². The molecule has 0 aromatic heterocycles. The highest BCUT2D eigenvalue weighted by atomic mass is 16.5. The predicted molar refractivity (Wildman–Crippen MR) is 125 cm³/mol. The number of phenols is 1. The number of fused-ring (bicyclic) bond motifs is 6. The van der Waals surface area contributed by atoms with Crippen LogP contribution in [0.2, 0.25) is 0 Å². The normalized spacial score (nSPS) is 11.5. The Balaban J connectivity index is 1.62. The molecule has 0 saturated heterocycles. The minimum absolute atomic E-state index is 0.262. The molecule has 0 saturated carbocycles. The molecule has 6 rings (SSSR count). The maximum Gasteiger partial charge on any atom is 0.135 e. The standard InChI is InChI=1S/C28H18O2/c29-26-17-25-22(21-11-3-5-12-23(21)26)14-7-15-27(25)30-28-16-18-8-1-2-9-19(18)20-10-4-6-13-24(20)28/h1-17,29H. The average Bonchev–Trinajstić information content (AvgIpc) is 2.80. The quantitative estimate of drug-likeness (QED) is 0.308. The molecule has 0 spiro atoms. The first-order valence-electron chi connectivity index (χ1n) is 10.0. The average molecular weight is 386 g/mol. The van der Waals surface area contributed by atoms with Gasteiger partial charge in [-0.1, -0.05) is 84.9 Å². The van der Waals surface area contributed by atoms with Crippen molar-refractivity contribution in [1.29, 1.82) is 0 Å². The lowest BCUT2D eigenvalue weighted by Crippen LogP contribution is -1.89. The largest absolute Gasteiger partial charge is 0.507 e. The van der Waals surface area contributed by atoms with Gasteiger partial charge in [0.2, 0.25) is 0 Å². The Hall–Kier alpha value is -4.04. The number of aromatic hydroxyl groups is 1. The van der Waals surface area contributed by atoms with Crippen molar-refractivity contribution in [2.24, 2.45) is 0 Å². The first-order valence-corrected chi connectivity index (χ1v) is 10.0. The summed E-state index contributed by atoms with van der Waals surface area (Å²) in [5.74, 6) is 1.80. The molecule has 2 nitrogen and oxygen atoms in total. The number of phenolic OH excluding ortho intramolecular Hbond substituents is 1. The van der Waals surface area contributed by atoms with E-state index in [-0.39, 0.29) is 5.75 Å². The molecule has 0 aliphatic rings. The van der Waals surface area contributed by atoms with Gasteiger partial charge in [-0.25, -0.2) is 0 Å². The fourth-order valence-electron chi connectivity index (χ4n) is 4.40. The van der Waals surface area contributed by atoms with Gasteiger partial charge in [0.05, 0.1) is 0 Å². The van der Waals surface area contributed by atoms with Gasteiger partial charge in [-0.05, 0) is 45.1 Å². The maximum absolute atomic E-state index is 10.6. The van der Waals surface area contributed by atoms with Crippen molar-refractivity contribution in [1.82, 2.24) is 0 Å². The van der Waals surface area contributed by atoms with Crippen LogP contribution < -0.4 is 4.74 Å². The summed E-state index contributed by atoms with van der Waals surface area (Å²) in [5, 5.41) is 19.0. The lowest BCUT2D eigenvalue weighted by Gasteiger charge is -2.15. The van der Waals surface area contributed by atoms with E-state index in [1.165, 1.54) is 10.8 Å². The van der Waals surface area contributed by atoms with Crippen LogP contribution in [0.15, 0.2) is 103 Å². The molecular formula is C28H18O2. The van der Waals surface area contributed by atoms with Crippen LogP contribution in [0.3, 0.4) is 0 Å². The highest BCUT2D eigenvalue weighted by molar-refractivity contribution is 6.13. The number of hydrogen-bond donors (Lipinski definition) is 1. The van der Waals surface area contributed by atoms with Crippen LogP contribution in [-0.2, 0) is 0 Å². The molecule has 2 heteroatoms. The Morgan fingerprint density at radius 1 is 0.433 bits per heavy atom. The van der Waals surface area contributed by atoms with Crippen LogP contribution in [0.25, 0.3) is 43.1 Å². The van der Waals surface area contributed by atoms with Crippen molar-refractivity contribution in [3.63, 3.8) is 0 Å². The molecule has 0 unspecified atom stereocenters. The lowest BCUT2D eigenvalue weighted by molar-refractivity contribution is 0.480. The Morgan fingerprint density at radius 3 is 1.80 bits per heavy atom. The SMILES string of the molecule is Oc1cc2c(Oc3cc4ccccc4c4ccccc34)cccc2c2ccccc12. The minimum atomic E-state index is 0.262. The second kappa shape index (κ2) is 6.50. The number of benzene rings is 6. The van der Waals surface area contributed by atoms with Gasteiger partial charge in [0.1, 0.15) is 17.2 Å². The van der Waals surface area contributed by atoms with Gasteiger partial charge in [0, 0.05) is 16.2 Å². The summed E-state index contributed by atoms with van der Waals surface area (Å²) in [6.07, 6.45) is 0. The molecule has 0 aliphatic carbocycles. The second-order valence-corrected chi connectivity index (χ2v) is 7.54. The van der Waals surface area contributed by atoms with E-state index < -0.39 is 0 Å². The van der Waals surface area contributed by atoms with Gasteiger partial charge in [-0.3, -0.25) is 0 Å². The molecule has 0 aliphatic heterocycles. The lowest BCUT2D eigenvalue weighted by atomic mass is 10.00. The summed E-state index contributed by atoms with van der Waals surface area (Å²) in [4.78, 5) is 0. The Morgan fingerprint density at radius 2 is 1.00 bits per heavy atom. The molecule has 6 aromatic rings. The number of ether oxygens (including phenoxy) is 1. The monoisotopic (exact) mass is 386 g/mol. The van der Waals surface area contributed by atoms with Crippen LogP contribution >= 0.6 is 0 Å². The summed E-state index contributed by atoms with van der Waals surface area (Å²) < 4.78 is 6.51. The van der Waals surface area contributed by atoms with E-state index in [1.54, 1.807) is 6.07 Å². The zero-order valence-electron chi connectivity index (χ0n) is 16.2. The molecule has 6 aromatic carbocycles. The van der Waals surface area contributed by atoms with E-state index in [4.69, 9.17) is 4.74 Å². The zero-order valence-corrected chi connectivity index (χ0v) is 16.2. The van der Waals surface area contributed by atoms with Crippen molar-refractivity contribution in [2.75, 3.05) is 0 Å². The third-order valence-electron chi connectivity index (χ3n) is 5.79. The Kier molecular flexibility index (Phi) is 3.65. The summed E-state index contributed by atoms with van der Waals surface area (Å²) in [6, 6.07) is 34.5. The van der Waals surface area contributed by atoms with Gasteiger partial charge in [-0.2, -0.15) is 0 Å². The smallest absolute Gasteiger partial charge is 0.135 e. The molecule has 0 atom stereocenters. The first kappa shape index (κ1) is 16.9. The predicted octanol–water partition coefficient (Wildman–Crippen LogP) is 7.80. The molecule has 0 fully saturated rings. The van der Waals surface area contributed by atoms with E-state index in [9.17, 15) is 5.11 Å². The number of rotatable bonds is 2. The Bertz CT molecular complexity index is 1580. The molecule has 142 valence electrons. The van der Waals surface area contributed by atoms with Crippen molar-refractivity contribution in [2.45, 2.75) is 0 Å². The molecule has 1 N–H and O–H groups in total. The van der Waals surface area contributed by atoms with Gasteiger partial charge < -0.3 is 9.84 Å². The molecular weight excluding hydrogens is 368 g/mol. The summed E-state index contributed by atoms with van der Waals surface area (Å²) >= 11 is 0. The van der Waals surface area contributed by atoms with Crippen molar-refractivity contribution in [3.05, 3.63) is 103 Å². The van der Waals surface area contributed by atoms with Gasteiger partial charge >= 0.3 is 0 Å². The third-order valence-corrected chi connectivity index (χ3v) is 5.79. The van der Waals surface area contributed by atoms with E-state index in [2.05, 4.69) is 48.5 Å². The first-order chi connectivity index (χ1) is 14.8. The van der Waals surface area contributed by atoms with E-state index in [0.717, 1.165) is 43.8 Å². The topological polar surface area (TPSA) is 29.5 Å². The van der Waals surface area contributed by atoms with Crippen LogP contribution in [0, 0.1) is 0 Å². The second-order valence-electron chi connectivity index (χ2n) is 7.54. The van der Waals surface area contributed by atoms with Crippen molar-refractivity contribution in [3.8, 4) is 17.2 Å². The molecule has 0 amide bonds. The van der Waals surface area contributed by atoms with E-state index in [0.29, 0.717) is 0 Å². The summed E-state index contributed by atoms with van der Waals surface area (Å²) in [7, 11) is 0. The Labute approximate surface area is 173 Å². The number of hydrogen-bond acceptors (Lipinski definition) is 2. The molecule has 0 radical (unpaired) electrons. The summed E-state index contributed by atoms with van der Waals surface area (Å²) in [5.41, 5.74) is 0. The summed E-state index contributed by atoms with van der Waals surface area (Å²) in [6.45, 7) is 0. The van der Waals surface area contributed by atoms with Crippen LogP contribution in [-0.4, -0.2) is 5.11 Å². The molecule has 30 heavy (non-hydrogen) atoms.